The molecule has 0 radical (unpaired) electrons. The van der Waals surface area contributed by atoms with Crippen LogP contribution in [0.2, 0.25) is 0 Å². The van der Waals surface area contributed by atoms with Gasteiger partial charge in [-0.15, -0.1) is 0 Å². The Kier molecular flexibility index (Phi) is 4.26. The van der Waals surface area contributed by atoms with Gasteiger partial charge in [0.05, 0.1) is 7.11 Å². The zero-order valence-corrected chi connectivity index (χ0v) is 12.3. The van der Waals surface area contributed by atoms with E-state index in [9.17, 15) is 9.90 Å². The molecule has 2 aromatic carbocycles. The van der Waals surface area contributed by atoms with E-state index in [2.05, 4.69) is 27.9 Å². The van der Waals surface area contributed by atoms with Crippen LogP contribution in [0, 0.1) is 3.57 Å². The van der Waals surface area contributed by atoms with Crippen LogP contribution in [0.5, 0.6) is 11.5 Å². The first-order valence-corrected chi connectivity index (χ1v) is 6.62. The molecule has 0 aliphatic carbocycles. The molecule has 0 fully saturated rings. The predicted molar refractivity (Wildman–Crippen MR) is 81.8 cm³/mol. The third-order valence-electron chi connectivity index (χ3n) is 2.55. The van der Waals surface area contributed by atoms with Crippen molar-refractivity contribution in [3.8, 4) is 11.5 Å². The van der Waals surface area contributed by atoms with E-state index in [1.807, 2.05) is 12.1 Å². The van der Waals surface area contributed by atoms with Gasteiger partial charge in [-0.1, -0.05) is 6.07 Å². The topological polar surface area (TPSA) is 58.6 Å². The number of anilines is 1. The fraction of sp³-hybridized carbons (Fsp3) is 0.0714. The maximum Gasteiger partial charge on any atom is 0.263 e. The molecule has 0 unspecified atom stereocenters. The number of hydrogen-bond acceptors (Lipinski definition) is 3. The Morgan fingerprint density at radius 3 is 2.53 bits per heavy atom. The van der Waals surface area contributed by atoms with Gasteiger partial charge in [0.2, 0.25) is 0 Å². The van der Waals surface area contributed by atoms with Crippen LogP contribution in [-0.4, -0.2) is 18.1 Å². The van der Waals surface area contributed by atoms with E-state index < -0.39 is 5.91 Å². The Morgan fingerprint density at radius 2 is 1.89 bits per heavy atom. The number of carbonyl (C=O) groups is 1. The number of amides is 1. The molecule has 0 heterocycles. The van der Waals surface area contributed by atoms with Crippen LogP contribution >= 0.6 is 22.6 Å². The minimum atomic E-state index is -0.406. The van der Waals surface area contributed by atoms with Gasteiger partial charge in [0.1, 0.15) is 17.1 Å². The minimum absolute atomic E-state index is 0.109. The van der Waals surface area contributed by atoms with Gasteiger partial charge < -0.3 is 15.2 Å². The number of phenols is 1. The second kappa shape index (κ2) is 5.92. The van der Waals surface area contributed by atoms with Crippen LogP contribution < -0.4 is 10.1 Å². The molecule has 0 saturated carbocycles. The molecule has 0 aliphatic heterocycles. The first-order chi connectivity index (χ1) is 9.11. The van der Waals surface area contributed by atoms with Gasteiger partial charge in [0.25, 0.3) is 5.91 Å². The molecule has 5 heteroatoms. The van der Waals surface area contributed by atoms with Crippen molar-refractivity contribution in [2.24, 2.45) is 0 Å². The molecule has 2 N–H and O–H groups in total. The molecule has 98 valence electrons. The number of halogens is 1. The van der Waals surface area contributed by atoms with Crippen LogP contribution in [0.3, 0.4) is 0 Å². The first-order valence-electron chi connectivity index (χ1n) is 5.54. The third kappa shape index (κ3) is 3.17. The van der Waals surface area contributed by atoms with Crippen LogP contribution in [0.4, 0.5) is 5.69 Å². The van der Waals surface area contributed by atoms with Crippen LogP contribution in [0.1, 0.15) is 10.4 Å². The quantitative estimate of drug-likeness (QED) is 0.817. The minimum Gasteiger partial charge on any atom is -0.507 e. The highest BCUT2D eigenvalue weighted by Crippen LogP contribution is 2.28. The van der Waals surface area contributed by atoms with E-state index in [-0.39, 0.29) is 11.3 Å². The van der Waals surface area contributed by atoms with E-state index >= 15 is 0 Å². The van der Waals surface area contributed by atoms with Crippen molar-refractivity contribution in [2.45, 2.75) is 0 Å². The number of aromatic hydroxyl groups is 1. The summed E-state index contributed by atoms with van der Waals surface area (Å²) < 4.78 is 6.16. The third-order valence-corrected chi connectivity index (χ3v) is 3.27. The van der Waals surface area contributed by atoms with Crippen molar-refractivity contribution in [1.82, 2.24) is 0 Å². The lowest BCUT2D eigenvalue weighted by atomic mass is 10.1. The second-order valence-corrected chi connectivity index (χ2v) is 5.06. The van der Waals surface area contributed by atoms with Gasteiger partial charge >= 0.3 is 0 Å². The standard InChI is InChI=1S/C14H12INO3/c1-19-12-4-2-3-11(17)13(12)14(18)16-10-7-5-9(15)6-8-10/h2-8,17H,1H3,(H,16,18). The molecule has 0 aromatic heterocycles. The Bertz CT molecular complexity index is 596. The summed E-state index contributed by atoms with van der Waals surface area (Å²) in [6.07, 6.45) is 0. The van der Waals surface area contributed by atoms with E-state index in [4.69, 9.17) is 4.74 Å². The van der Waals surface area contributed by atoms with Gasteiger partial charge in [-0.3, -0.25) is 4.79 Å². The number of benzene rings is 2. The highest BCUT2D eigenvalue weighted by atomic mass is 127. The normalized spacial score (nSPS) is 10.0. The van der Waals surface area contributed by atoms with Crippen molar-refractivity contribution in [3.05, 3.63) is 51.6 Å². The predicted octanol–water partition coefficient (Wildman–Crippen LogP) is 3.26. The van der Waals surface area contributed by atoms with E-state index in [1.165, 1.54) is 13.2 Å². The summed E-state index contributed by atoms with van der Waals surface area (Å²) >= 11 is 2.19. The average Bonchev–Trinajstić information content (AvgIpc) is 2.40. The van der Waals surface area contributed by atoms with Crippen molar-refractivity contribution in [3.63, 3.8) is 0 Å². The second-order valence-electron chi connectivity index (χ2n) is 3.82. The van der Waals surface area contributed by atoms with Crippen molar-refractivity contribution in [2.75, 3.05) is 12.4 Å². The van der Waals surface area contributed by atoms with Crippen LogP contribution in [0.15, 0.2) is 42.5 Å². The largest absolute Gasteiger partial charge is 0.507 e. The molecule has 0 saturated heterocycles. The number of phenolic OH excluding ortho intramolecular Hbond substituents is 1. The molecule has 2 rings (SSSR count). The van der Waals surface area contributed by atoms with Gasteiger partial charge in [0.15, 0.2) is 0 Å². The zero-order chi connectivity index (χ0) is 13.8. The number of rotatable bonds is 3. The molecule has 0 bridgehead atoms. The number of methoxy groups -OCH3 is 1. The molecule has 19 heavy (non-hydrogen) atoms. The maximum absolute atomic E-state index is 12.1. The summed E-state index contributed by atoms with van der Waals surface area (Å²) in [7, 11) is 1.45. The number of hydrogen-bond donors (Lipinski definition) is 2. The highest BCUT2D eigenvalue weighted by molar-refractivity contribution is 14.1. The van der Waals surface area contributed by atoms with Crippen molar-refractivity contribution in [1.29, 1.82) is 0 Å². The van der Waals surface area contributed by atoms with Gasteiger partial charge in [-0.2, -0.15) is 0 Å². The number of nitrogens with one attached hydrogen (secondary N) is 1. The van der Waals surface area contributed by atoms with Gasteiger partial charge in [-0.05, 0) is 59.0 Å². The molecule has 4 nitrogen and oxygen atoms in total. The Labute approximate surface area is 124 Å². The SMILES string of the molecule is COc1cccc(O)c1C(=O)Nc1ccc(I)cc1. The summed E-state index contributed by atoms with van der Waals surface area (Å²) in [6, 6.07) is 12.1. The summed E-state index contributed by atoms with van der Waals surface area (Å²) in [6.45, 7) is 0. The Hall–Kier alpha value is -1.76. The smallest absolute Gasteiger partial charge is 0.263 e. The zero-order valence-electron chi connectivity index (χ0n) is 10.2. The van der Waals surface area contributed by atoms with Gasteiger partial charge in [0, 0.05) is 9.26 Å². The fourth-order valence-corrected chi connectivity index (χ4v) is 2.00. The molecule has 1 amide bonds. The highest BCUT2D eigenvalue weighted by Gasteiger charge is 2.16. The van der Waals surface area contributed by atoms with E-state index in [0.29, 0.717) is 11.4 Å². The molecule has 2 aromatic rings. The van der Waals surface area contributed by atoms with Crippen LogP contribution in [-0.2, 0) is 0 Å². The first kappa shape index (κ1) is 13.7. The molecule has 0 aliphatic rings. The lowest BCUT2D eigenvalue weighted by Gasteiger charge is -2.10. The molecule has 0 atom stereocenters. The fourth-order valence-electron chi connectivity index (χ4n) is 1.64. The van der Waals surface area contributed by atoms with E-state index in [1.54, 1.807) is 24.3 Å². The summed E-state index contributed by atoms with van der Waals surface area (Å²) in [5.41, 5.74) is 0.791. The lowest BCUT2D eigenvalue weighted by molar-refractivity contribution is 0.102. The van der Waals surface area contributed by atoms with Crippen LogP contribution in [0.25, 0.3) is 0 Å². The Balaban J connectivity index is 2.27. The van der Waals surface area contributed by atoms with Crippen molar-refractivity contribution < 1.29 is 14.6 Å². The summed E-state index contributed by atoms with van der Waals surface area (Å²) in [5.74, 6) is -0.179. The monoisotopic (exact) mass is 369 g/mol. The van der Waals surface area contributed by atoms with Gasteiger partial charge in [-0.25, -0.2) is 0 Å². The molecular formula is C14H12INO3. The summed E-state index contributed by atoms with van der Waals surface area (Å²) in [4.78, 5) is 12.1. The maximum atomic E-state index is 12.1. The summed E-state index contributed by atoms with van der Waals surface area (Å²) in [5, 5.41) is 12.5. The van der Waals surface area contributed by atoms with E-state index in [0.717, 1.165) is 3.57 Å². The number of carbonyl (C=O) groups excluding carboxylic acids is 1. The lowest BCUT2D eigenvalue weighted by Crippen LogP contribution is -2.13. The molecular weight excluding hydrogens is 357 g/mol. The Morgan fingerprint density at radius 1 is 1.21 bits per heavy atom. The number of ether oxygens (including phenoxy) is 1. The molecule has 0 spiro atoms. The average molecular weight is 369 g/mol. The van der Waals surface area contributed by atoms with Crippen molar-refractivity contribution >= 4 is 34.2 Å².